The number of esters is 1. The van der Waals surface area contributed by atoms with E-state index in [-0.39, 0.29) is 23.5 Å². The predicted molar refractivity (Wildman–Crippen MR) is 91.8 cm³/mol. The maximum atomic E-state index is 12.3. The molecule has 0 saturated heterocycles. The number of thiol groups is 1. The zero-order valence-electron chi connectivity index (χ0n) is 12.4. The van der Waals surface area contributed by atoms with Crippen LogP contribution in [0.4, 0.5) is 0 Å². The van der Waals surface area contributed by atoms with Gasteiger partial charge in [-0.3, -0.25) is 4.79 Å². The van der Waals surface area contributed by atoms with E-state index in [0.717, 1.165) is 18.4 Å². The van der Waals surface area contributed by atoms with Crippen molar-refractivity contribution in [3.8, 4) is 0 Å². The van der Waals surface area contributed by atoms with Crippen LogP contribution >= 0.6 is 35.6 Å². The van der Waals surface area contributed by atoms with Gasteiger partial charge in [-0.1, -0.05) is 11.6 Å². The molecule has 1 amide bonds. The zero-order chi connectivity index (χ0) is 16.2. The summed E-state index contributed by atoms with van der Waals surface area (Å²) in [6, 6.07) is 1.83. The number of carbonyl (C=O) groups is 2. The third-order valence-electron chi connectivity index (χ3n) is 3.90. The van der Waals surface area contributed by atoms with Crippen LogP contribution in [-0.2, 0) is 20.7 Å². The van der Waals surface area contributed by atoms with E-state index in [2.05, 4.69) is 17.9 Å². The summed E-state index contributed by atoms with van der Waals surface area (Å²) in [7, 11) is 0. The monoisotopic (exact) mass is 361 g/mol. The first-order valence-electron chi connectivity index (χ1n) is 7.35. The molecule has 1 saturated carbocycles. The third kappa shape index (κ3) is 4.18. The van der Waals surface area contributed by atoms with Gasteiger partial charge >= 0.3 is 5.97 Å². The minimum atomic E-state index is -0.922. The molecule has 1 aromatic rings. The van der Waals surface area contributed by atoms with Gasteiger partial charge in [-0.2, -0.15) is 12.6 Å². The maximum Gasteiger partial charge on any atom is 0.331 e. The Morgan fingerprint density at radius 3 is 2.73 bits per heavy atom. The summed E-state index contributed by atoms with van der Waals surface area (Å²) in [6.45, 7) is 2.07. The number of thiophene rings is 1. The number of carbonyl (C=O) groups excluding carboxylic acids is 2. The Balaban J connectivity index is 2.07. The fourth-order valence-corrected chi connectivity index (χ4v) is 3.86. The van der Waals surface area contributed by atoms with Crippen molar-refractivity contribution in [2.24, 2.45) is 0 Å². The summed E-state index contributed by atoms with van der Waals surface area (Å²) in [6.07, 6.45) is 2.85. The number of hydrogen-bond acceptors (Lipinski definition) is 5. The Morgan fingerprint density at radius 1 is 1.50 bits per heavy atom. The summed E-state index contributed by atoms with van der Waals surface area (Å²) < 4.78 is 5.79. The molecule has 4 nitrogen and oxygen atoms in total. The second-order valence-electron chi connectivity index (χ2n) is 5.48. The van der Waals surface area contributed by atoms with Crippen molar-refractivity contribution < 1.29 is 14.3 Å². The lowest BCUT2D eigenvalue weighted by Crippen LogP contribution is -2.57. The molecule has 1 heterocycles. The van der Waals surface area contributed by atoms with E-state index >= 15 is 0 Å². The minimum absolute atomic E-state index is 0.174. The lowest BCUT2D eigenvalue weighted by Gasteiger charge is -2.37. The molecule has 22 heavy (non-hydrogen) atoms. The number of halogens is 1. The Morgan fingerprint density at radius 2 is 2.18 bits per heavy atom. The molecule has 0 aliphatic heterocycles. The molecule has 1 N–H and O–H groups in total. The van der Waals surface area contributed by atoms with E-state index < -0.39 is 5.54 Å². The summed E-state index contributed by atoms with van der Waals surface area (Å²) in [5.74, 6) is -0.550. The van der Waals surface area contributed by atoms with Gasteiger partial charge in [0, 0.05) is 5.25 Å². The molecule has 0 unspecified atom stereocenters. The molecule has 1 aliphatic rings. The number of rotatable bonds is 5. The van der Waals surface area contributed by atoms with Crippen molar-refractivity contribution in [3.05, 3.63) is 21.3 Å². The van der Waals surface area contributed by atoms with Crippen LogP contribution < -0.4 is 5.32 Å². The van der Waals surface area contributed by atoms with E-state index in [1.54, 1.807) is 6.92 Å². The average Bonchev–Trinajstić information content (AvgIpc) is 2.87. The Kier molecular flexibility index (Phi) is 6.17. The highest BCUT2D eigenvalue weighted by Gasteiger charge is 2.43. The number of amides is 1. The van der Waals surface area contributed by atoms with Gasteiger partial charge in [-0.15, -0.1) is 11.3 Å². The maximum absolute atomic E-state index is 12.3. The smallest absolute Gasteiger partial charge is 0.331 e. The largest absolute Gasteiger partial charge is 0.464 e. The molecule has 2 rings (SSSR count). The highest BCUT2D eigenvalue weighted by atomic mass is 35.5. The van der Waals surface area contributed by atoms with Gasteiger partial charge in [-0.05, 0) is 49.6 Å². The molecule has 0 atom stereocenters. The summed E-state index contributed by atoms with van der Waals surface area (Å²) in [4.78, 5) is 24.7. The van der Waals surface area contributed by atoms with Crippen LogP contribution in [0.2, 0.25) is 4.34 Å². The Labute approximate surface area is 145 Å². The molecule has 1 fully saturated rings. The third-order valence-corrected chi connectivity index (χ3v) is 5.67. The Bertz CT molecular complexity index is 539. The standard InChI is InChI=1S/C15H20ClNO3S2/c1-2-20-14(19)15(6-3-11(21)4-7-15)17-12(18)9-10-5-8-22-13(10)16/h5,8,11,21H,2-4,6-7,9H2,1H3,(H,17,18). The first kappa shape index (κ1) is 17.6. The molecule has 0 spiro atoms. The van der Waals surface area contributed by atoms with E-state index in [1.807, 2.05) is 11.4 Å². The van der Waals surface area contributed by atoms with Crippen LogP contribution in [0.25, 0.3) is 0 Å². The number of hydrogen-bond donors (Lipinski definition) is 2. The number of nitrogens with one attached hydrogen (secondary N) is 1. The highest BCUT2D eigenvalue weighted by Crippen LogP contribution is 2.32. The van der Waals surface area contributed by atoms with E-state index in [4.69, 9.17) is 16.3 Å². The van der Waals surface area contributed by atoms with E-state index in [9.17, 15) is 9.59 Å². The van der Waals surface area contributed by atoms with Gasteiger partial charge in [0.1, 0.15) is 5.54 Å². The second kappa shape index (κ2) is 7.70. The Hall–Kier alpha value is -0.720. The SMILES string of the molecule is CCOC(=O)C1(NC(=O)Cc2ccsc2Cl)CCC(S)CC1. The lowest BCUT2D eigenvalue weighted by atomic mass is 9.81. The first-order chi connectivity index (χ1) is 10.5. The number of ether oxygens (including phenoxy) is 1. The van der Waals surface area contributed by atoms with E-state index in [1.165, 1.54) is 11.3 Å². The fourth-order valence-electron chi connectivity index (χ4n) is 2.67. The predicted octanol–water partition coefficient (Wildman–Crippen LogP) is 3.23. The molecule has 1 aliphatic carbocycles. The highest BCUT2D eigenvalue weighted by molar-refractivity contribution is 7.80. The molecule has 0 bridgehead atoms. The van der Waals surface area contributed by atoms with Gasteiger partial charge in [0.2, 0.25) is 5.91 Å². The molecule has 1 aromatic heterocycles. The van der Waals surface area contributed by atoms with Crippen molar-refractivity contribution in [1.29, 1.82) is 0 Å². The normalized spacial score (nSPS) is 24.8. The zero-order valence-corrected chi connectivity index (χ0v) is 14.9. The van der Waals surface area contributed by atoms with Crippen LogP contribution in [-0.4, -0.2) is 29.3 Å². The van der Waals surface area contributed by atoms with Gasteiger partial charge in [0.25, 0.3) is 0 Å². The van der Waals surface area contributed by atoms with Gasteiger partial charge in [0.15, 0.2) is 0 Å². The summed E-state index contributed by atoms with van der Waals surface area (Å²) in [5, 5.41) is 5.02. The van der Waals surface area contributed by atoms with Crippen molar-refractivity contribution in [2.75, 3.05) is 6.61 Å². The van der Waals surface area contributed by atoms with Crippen LogP contribution in [0.5, 0.6) is 0 Å². The first-order valence-corrected chi connectivity index (χ1v) is 9.12. The molecule has 0 radical (unpaired) electrons. The lowest BCUT2D eigenvalue weighted by molar-refractivity contribution is -0.155. The molecule has 0 aromatic carbocycles. The van der Waals surface area contributed by atoms with Gasteiger partial charge in [0.05, 0.1) is 17.4 Å². The van der Waals surface area contributed by atoms with Crippen LogP contribution in [0.1, 0.15) is 38.2 Å². The average molecular weight is 362 g/mol. The van der Waals surface area contributed by atoms with Crippen LogP contribution in [0.3, 0.4) is 0 Å². The van der Waals surface area contributed by atoms with Crippen molar-refractivity contribution in [3.63, 3.8) is 0 Å². The molecular weight excluding hydrogens is 342 g/mol. The minimum Gasteiger partial charge on any atom is -0.464 e. The van der Waals surface area contributed by atoms with Crippen molar-refractivity contribution >= 4 is 47.4 Å². The second-order valence-corrected chi connectivity index (χ2v) is 7.73. The van der Waals surface area contributed by atoms with E-state index in [0.29, 0.717) is 23.8 Å². The van der Waals surface area contributed by atoms with Crippen molar-refractivity contribution in [1.82, 2.24) is 5.32 Å². The van der Waals surface area contributed by atoms with Gasteiger partial charge in [-0.25, -0.2) is 4.79 Å². The molecular formula is C15H20ClNO3S2. The summed E-state index contributed by atoms with van der Waals surface area (Å²) >= 11 is 11.9. The van der Waals surface area contributed by atoms with Crippen molar-refractivity contribution in [2.45, 2.75) is 49.8 Å². The quantitative estimate of drug-likeness (QED) is 0.625. The fraction of sp³-hybridized carbons (Fsp3) is 0.600. The summed E-state index contributed by atoms with van der Waals surface area (Å²) in [5.41, 5.74) is -0.138. The van der Waals surface area contributed by atoms with Crippen LogP contribution in [0.15, 0.2) is 11.4 Å². The topological polar surface area (TPSA) is 55.4 Å². The molecule has 7 heteroatoms. The molecule has 122 valence electrons. The van der Waals surface area contributed by atoms with Crippen LogP contribution in [0, 0.1) is 0 Å². The van der Waals surface area contributed by atoms with Gasteiger partial charge < -0.3 is 10.1 Å².